The molecule has 1 heterocycles. The molecule has 1 aromatic heterocycles. The van der Waals surface area contributed by atoms with E-state index >= 15 is 0 Å². The lowest BCUT2D eigenvalue weighted by atomic mass is 10.1. The molecule has 5 nitrogen and oxygen atoms in total. The highest BCUT2D eigenvalue weighted by Gasteiger charge is 2.26. The number of rotatable bonds is 5. The van der Waals surface area contributed by atoms with E-state index in [0.29, 0.717) is 35.1 Å². The summed E-state index contributed by atoms with van der Waals surface area (Å²) in [7, 11) is 0. The number of hydrogen-bond acceptors (Lipinski definition) is 4. The number of alkyl halides is 3. The maximum atomic E-state index is 12.1. The largest absolute Gasteiger partial charge is 0.398 e. The number of nitrogen functional groups attached to an aromatic ring is 1. The number of halogens is 4. The third kappa shape index (κ3) is 4.32. The van der Waals surface area contributed by atoms with E-state index in [-0.39, 0.29) is 6.42 Å². The third-order valence-electron chi connectivity index (χ3n) is 2.87. The van der Waals surface area contributed by atoms with Gasteiger partial charge < -0.3 is 5.73 Å². The van der Waals surface area contributed by atoms with Crippen molar-refractivity contribution in [2.45, 2.75) is 32.0 Å². The summed E-state index contributed by atoms with van der Waals surface area (Å²) in [6.45, 7) is 0.292. The zero-order valence-corrected chi connectivity index (χ0v) is 11.7. The third-order valence-corrected chi connectivity index (χ3v) is 3.10. The van der Waals surface area contributed by atoms with E-state index < -0.39 is 12.6 Å². The highest BCUT2D eigenvalue weighted by molar-refractivity contribution is 6.31. The Labute approximate surface area is 123 Å². The topological polar surface area (TPSA) is 69.6 Å². The lowest BCUT2D eigenvalue weighted by Gasteiger charge is -2.08. The Balaban J connectivity index is 2.05. The molecular formula is C12H13ClF3N5. The number of benzene rings is 1. The molecule has 0 saturated carbocycles. The minimum absolute atomic E-state index is 0.0267. The van der Waals surface area contributed by atoms with Gasteiger partial charge in [-0.1, -0.05) is 11.6 Å². The molecule has 0 fully saturated rings. The second-order valence-electron chi connectivity index (χ2n) is 4.53. The molecule has 0 atom stereocenters. The molecule has 2 aromatic rings. The Morgan fingerprint density at radius 2 is 2.00 bits per heavy atom. The fourth-order valence-corrected chi connectivity index (χ4v) is 2.05. The van der Waals surface area contributed by atoms with Crippen molar-refractivity contribution in [1.82, 2.24) is 20.2 Å². The molecule has 0 saturated heterocycles. The van der Waals surface area contributed by atoms with Crippen LogP contribution >= 0.6 is 11.6 Å². The average Bonchev–Trinajstić information content (AvgIpc) is 2.82. The zero-order chi connectivity index (χ0) is 15.5. The predicted octanol–water partition coefficient (Wildman–Crippen LogP) is 3.31. The number of unbranched alkanes of at least 4 members (excludes halogenated alkanes) is 1. The van der Waals surface area contributed by atoms with Crippen LogP contribution in [0.2, 0.25) is 5.02 Å². The van der Waals surface area contributed by atoms with Gasteiger partial charge in [-0.15, -0.1) is 5.10 Å². The van der Waals surface area contributed by atoms with Gasteiger partial charge in [-0.3, -0.25) is 0 Å². The molecule has 0 radical (unpaired) electrons. The van der Waals surface area contributed by atoms with Crippen LogP contribution in [0.1, 0.15) is 19.3 Å². The summed E-state index contributed by atoms with van der Waals surface area (Å²) in [5.41, 5.74) is 6.86. The van der Waals surface area contributed by atoms with Crippen molar-refractivity contribution in [3.63, 3.8) is 0 Å². The molecule has 2 N–H and O–H groups in total. The summed E-state index contributed by atoms with van der Waals surface area (Å²) in [4.78, 5) is 0. The van der Waals surface area contributed by atoms with E-state index in [9.17, 15) is 13.2 Å². The molecule has 114 valence electrons. The van der Waals surface area contributed by atoms with E-state index in [1.165, 1.54) is 4.68 Å². The van der Waals surface area contributed by atoms with Crippen molar-refractivity contribution >= 4 is 17.3 Å². The minimum Gasteiger partial charge on any atom is -0.398 e. The van der Waals surface area contributed by atoms with Crippen molar-refractivity contribution < 1.29 is 13.2 Å². The summed E-state index contributed by atoms with van der Waals surface area (Å²) in [6, 6.07) is 4.89. The van der Waals surface area contributed by atoms with Gasteiger partial charge in [0, 0.05) is 29.2 Å². The lowest BCUT2D eigenvalue weighted by molar-refractivity contribution is -0.135. The first-order valence-electron chi connectivity index (χ1n) is 6.25. The van der Waals surface area contributed by atoms with E-state index in [0.717, 1.165) is 0 Å². The number of nitrogens with zero attached hydrogens (tertiary/aromatic N) is 4. The van der Waals surface area contributed by atoms with Crippen molar-refractivity contribution in [3.05, 3.63) is 23.2 Å². The first kappa shape index (κ1) is 15.6. The molecule has 9 heteroatoms. The molecule has 0 unspecified atom stereocenters. The Bertz CT molecular complexity index is 611. The Kier molecular flexibility index (Phi) is 4.66. The highest BCUT2D eigenvalue weighted by Crippen LogP contribution is 2.27. The van der Waals surface area contributed by atoms with Crippen molar-refractivity contribution in [2.24, 2.45) is 0 Å². The highest BCUT2D eigenvalue weighted by atomic mass is 35.5. The smallest absolute Gasteiger partial charge is 0.389 e. The van der Waals surface area contributed by atoms with Crippen LogP contribution in [0.25, 0.3) is 11.4 Å². The van der Waals surface area contributed by atoms with E-state index in [2.05, 4.69) is 15.5 Å². The van der Waals surface area contributed by atoms with Gasteiger partial charge in [0.15, 0.2) is 5.82 Å². The first-order valence-corrected chi connectivity index (χ1v) is 6.63. The summed E-state index contributed by atoms with van der Waals surface area (Å²) in [5.74, 6) is 0.413. The van der Waals surface area contributed by atoms with Crippen LogP contribution in [0.4, 0.5) is 18.9 Å². The van der Waals surface area contributed by atoms with E-state index in [1.54, 1.807) is 18.2 Å². The number of hydrogen-bond donors (Lipinski definition) is 1. The van der Waals surface area contributed by atoms with Crippen LogP contribution in [0.5, 0.6) is 0 Å². The summed E-state index contributed by atoms with van der Waals surface area (Å²) >= 11 is 5.82. The summed E-state index contributed by atoms with van der Waals surface area (Å²) in [5, 5.41) is 11.7. The SMILES string of the molecule is Nc1cc(Cl)ccc1-c1nnnn1CCCCC(F)(F)F. The molecular weight excluding hydrogens is 307 g/mol. The molecule has 0 bridgehead atoms. The maximum absolute atomic E-state index is 12.1. The standard InChI is InChI=1S/C12H13ClF3N5/c13-8-3-4-9(10(17)7-8)11-18-19-20-21(11)6-2-1-5-12(14,15)16/h3-4,7H,1-2,5-6,17H2. The first-order chi connectivity index (χ1) is 9.87. The Hall–Kier alpha value is -1.83. The summed E-state index contributed by atoms with van der Waals surface area (Å²) in [6.07, 6.45) is -4.60. The number of anilines is 1. The molecule has 1 aromatic carbocycles. The average molecular weight is 320 g/mol. The maximum Gasteiger partial charge on any atom is 0.389 e. The monoisotopic (exact) mass is 319 g/mol. The molecule has 0 spiro atoms. The van der Waals surface area contributed by atoms with Crippen molar-refractivity contribution in [2.75, 3.05) is 5.73 Å². The molecule has 2 rings (SSSR count). The molecule has 0 amide bonds. The van der Waals surface area contributed by atoms with Gasteiger partial charge in [0.2, 0.25) is 0 Å². The van der Waals surface area contributed by atoms with Gasteiger partial charge >= 0.3 is 6.18 Å². The quantitative estimate of drug-likeness (QED) is 0.678. The molecule has 21 heavy (non-hydrogen) atoms. The van der Waals surface area contributed by atoms with Gasteiger partial charge in [0.25, 0.3) is 0 Å². The van der Waals surface area contributed by atoms with Gasteiger partial charge in [-0.2, -0.15) is 13.2 Å². The Morgan fingerprint density at radius 3 is 2.67 bits per heavy atom. The second-order valence-corrected chi connectivity index (χ2v) is 4.97. The van der Waals surface area contributed by atoms with E-state index in [4.69, 9.17) is 17.3 Å². The van der Waals surface area contributed by atoms with Crippen molar-refractivity contribution in [3.8, 4) is 11.4 Å². The number of aromatic nitrogens is 4. The fraction of sp³-hybridized carbons (Fsp3) is 0.417. The lowest BCUT2D eigenvalue weighted by Crippen LogP contribution is -2.09. The normalized spacial score (nSPS) is 11.8. The number of tetrazole rings is 1. The van der Waals surface area contributed by atoms with Gasteiger partial charge in [0.05, 0.1) is 0 Å². The fourth-order valence-electron chi connectivity index (χ4n) is 1.87. The molecule has 0 aliphatic heterocycles. The van der Waals surface area contributed by atoms with Crippen LogP contribution in [0, 0.1) is 0 Å². The minimum atomic E-state index is -4.13. The van der Waals surface area contributed by atoms with Crippen LogP contribution in [-0.4, -0.2) is 26.4 Å². The van der Waals surface area contributed by atoms with Crippen LogP contribution in [0.3, 0.4) is 0 Å². The second kappa shape index (κ2) is 6.30. The van der Waals surface area contributed by atoms with Crippen molar-refractivity contribution in [1.29, 1.82) is 0 Å². The molecule has 0 aliphatic rings. The predicted molar refractivity (Wildman–Crippen MR) is 72.6 cm³/mol. The Morgan fingerprint density at radius 1 is 1.24 bits per heavy atom. The summed E-state index contributed by atoms with van der Waals surface area (Å²) < 4.78 is 37.7. The van der Waals surface area contributed by atoms with Gasteiger partial charge in [-0.25, -0.2) is 4.68 Å². The van der Waals surface area contributed by atoms with Crippen LogP contribution < -0.4 is 5.73 Å². The van der Waals surface area contributed by atoms with Gasteiger partial charge in [-0.05, 0) is 41.5 Å². The molecule has 0 aliphatic carbocycles. The zero-order valence-electron chi connectivity index (χ0n) is 10.9. The number of nitrogens with two attached hydrogens (primary N) is 1. The van der Waals surface area contributed by atoms with Gasteiger partial charge in [0.1, 0.15) is 0 Å². The van der Waals surface area contributed by atoms with Crippen LogP contribution in [0.15, 0.2) is 18.2 Å². The van der Waals surface area contributed by atoms with Crippen LogP contribution in [-0.2, 0) is 6.54 Å². The number of aryl methyl sites for hydroxylation is 1. The van der Waals surface area contributed by atoms with E-state index in [1.807, 2.05) is 0 Å².